The summed E-state index contributed by atoms with van der Waals surface area (Å²) in [5.41, 5.74) is 0.651. The Morgan fingerprint density at radius 2 is 2.24 bits per heavy atom. The number of phenolic OH excluding ortho intramolecular Hbond substituents is 1. The largest absolute Gasteiger partial charge is 0.508 e. The van der Waals surface area contributed by atoms with E-state index in [0.29, 0.717) is 17.4 Å². The number of hydrogen-bond acceptors (Lipinski definition) is 3. The van der Waals surface area contributed by atoms with Gasteiger partial charge in [0.1, 0.15) is 11.5 Å². The molecule has 92 valence electrons. The highest BCUT2D eigenvalue weighted by Crippen LogP contribution is 2.27. The Morgan fingerprint density at radius 1 is 1.53 bits per heavy atom. The molecule has 2 N–H and O–H groups in total. The molecule has 1 aliphatic rings. The molecule has 0 aliphatic heterocycles. The lowest BCUT2D eigenvalue weighted by Gasteiger charge is -2.16. The van der Waals surface area contributed by atoms with Crippen molar-refractivity contribution < 1.29 is 14.6 Å². The molecule has 1 unspecified atom stereocenters. The average Bonchev–Trinajstić information content (AvgIpc) is 3.08. The SMILES string of the molecule is Cc1c(O)cccc1OC(C)C(=O)NC1CC1. The lowest BCUT2D eigenvalue weighted by Crippen LogP contribution is -2.37. The first-order valence-electron chi connectivity index (χ1n) is 5.83. The van der Waals surface area contributed by atoms with Gasteiger partial charge in [-0.05, 0) is 38.8 Å². The number of carbonyl (C=O) groups excluding carboxylic acids is 1. The zero-order valence-electron chi connectivity index (χ0n) is 10.1. The van der Waals surface area contributed by atoms with Gasteiger partial charge in [-0.25, -0.2) is 0 Å². The molecule has 1 aromatic rings. The van der Waals surface area contributed by atoms with E-state index in [1.807, 2.05) is 0 Å². The average molecular weight is 235 g/mol. The maximum absolute atomic E-state index is 11.7. The fraction of sp³-hybridized carbons (Fsp3) is 0.462. The predicted molar refractivity (Wildman–Crippen MR) is 64.1 cm³/mol. The molecule has 1 saturated carbocycles. The molecule has 0 aromatic heterocycles. The van der Waals surface area contributed by atoms with E-state index in [1.54, 1.807) is 32.0 Å². The van der Waals surface area contributed by atoms with Crippen molar-refractivity contribution in [3.05, 3.63) is 23.8 Å². The van der Waals surface area contributed by atoms with E-state index in [-0.39, 0.29) is 11.7 Å². The number of aromatic hydroxyl groups is 1. The Hall–Kier alpha value is -1.71. The Bertz CT molecular complexity index is 427. The van der Waals surface area contributed by atoms with Gasteiger partial charge >= 0.3 is 0 Å². The van der Waals surface area contributed by atoms with Gasteiger partial charge in [-0.3, -0.25) is 4.79 Å². The first-order valence-corrected chi connectivity index (χ1v) is 5.83. The summed E-state index contributed by atoms with van der Waals surface area (Å²) in [6.07, 6.45) is 1.57. The Morgan fingerprint density at radius 3 is 2.88 bits per heavy atom. The second-order valence-corrected chi connectivity index (χ2v) is 4.44. The van der Waals surface area contributed by atoms with Crippen LogP contribution in [0.3, 0.4) is 0 Å². The molecule has 0 bridgehead atoms. The molecular weight excluding hydrogens is 218 g/mol. The maximum Gasteiger partial charge on any atom is 0.260 e. The summed E-state index contributed by atoms with van der Waals surface area (Å²) < 4.78 is 5.54. The van der Waals surface area contributed by atoms with Crippen LogP contribution in [0.1, 0.15) is 25.3 Å². The summed E-state index contributed by atoms with van der Waals surface area (Å²) in [7, 11) is 0. The number of ether oxygens (including phenoxy) is 1. The minimum Gasteiger partial charge on any atom is -0.508 e. The van der Waals surface area contributed by atoms with Crippen molar-refractivity contribution in [3.8, 4) is 11.5 Å². The summed E-state index contributed by atoms with van der Waals surface area (Å²) in [5, 5.41) is 12.4. The van der Waals surface area contributed by atoms with Gasteiger partial charge in [-0.2, -0.15) is 0 Å². The Labute approximate surface area is 101 Å². The van der Waals surface area contributed by atoms with Gasteiger partial charge in [0.05, 0.1) is 0 Å². The zero-order valence-corrected chi connectivity index (χ0v) is 10.1. The molecule has 4 heteroatoms. The number of phenols is 1. The van der Waals surface area contributed by atoms with Crippen molar-refractivity contribution in [3.63, 3.8) is 0 Å². The van der Waals surface area contributed by atoms with E-state index in [4.69, 9.17) is 4.74 Å². The van der Waals surface area contributed by atoms with Crippen molar-refractivity contribution in [2.24, 2.45) is 0 Å². The van der Waals surface area contributed by atoms with E-state index < -0.39 is 6.10 Å². The topological polar surface area (TPSA) is 58.6 Å². The third-order valence-electron chi connectivity index (χ3n) is 2.85. The van der Waals surface area contributed by atoms with Crippen LogP contribution in [0.25, 0.3) is 0 Å². The van der Waals surface area contributed by atoms with Crippen molar-refractivity contribution in [2.75, 3.05) is 0 Å². The highest BCUT2D eigenvalue weighted by molar-refractivity contribution is 5.81. The molecule has 17 heavy (non-hydrogen) atoms. The first-order chi connectivity index (χ1) is 8.08. The molecule has 0 heterocycles. The number of hydrogen-bond donors (Lipinski definition) is 2. The molecule has 0 saturated heterocycles. The summed E-state index contributed by atoms with van der Waals surface area (Å²) in [5.74, 6) is 0.621. The fourth-order valence-electron chi connectivity index (χ4n) is 1.52. The van der Waals surface area contributed by atoms with E-state index in [1.165, 1.54) is 0 Å². The monoisotopic (exact) mass is 235 g/mol. The predicted octanol–water partition coefficient (Wildman–Crippen LogP) is 1.75. The molecule has 1 aromatic carbocycles. The molecule has 1 amide bonds. The molecule has 1 aliphatic carbocycles. The first kappa shape index (κ1) is 11.8. The van der Waals surface area contributed by atoms with Crippen LogP contribution in [-0.2, 0) is 4.79 Å². The van der Waals surface area contributed by atoms with Crippen LogP contribution in [-0.4, -0.2) is 23.2 Å². The van der Waals surface area contributed by atoms with Crippen LogP contribution >= 0.6 is 0 Å². The smallest absolute Gasteiger partial charge is 0.260 e. The fourth-order valence-corrected chi connectivity index (χ4v) is 1.52. The summed E-state index contributed by atoms with van der Waals surface area (Å²) in [6.45, 7) is 3.47. The Kier molecular flexibility index (Phi) is 3.22. The Balaban J connectivity index is 1.99. The summed E-state index contributed by atoms with van der Waals surface area (Å²) >= 11 is 0. The number of nitrogens with one attached hydrogen (secondary N) is 1. The molecule has 0 radical (unpaired) electrons. The second-order valence-electron chi connectivity index (χ2n) is 4.44. The van der Waals surface area contributed by atoms with E-state index in [2.05, 4.69) is 5.32 Å². The molecule has 0 spiro atoms. The van der Waals surface area contributed by atoms with Gasteiger partial charge < -0.3 is 15.2 Å². The summed E-state index contributed by atoms with van der Waals surface area (Å²) in [6, 6.07) is 5.37. The molecule has 4 nitrogen and oxygen atoms in total. The van der Waals surface area contributed by atoms with Gasteiger partial charge in [0.15, 0.2) is 6.10 Å². The third kappa shape index (κ3) is 2.90. The lowest BCUT2D eigenvalue weighted by molar-refractivity contribution is -0.127. The number of rotatable bonds is 4. The third-order valence-corrected chi connectivity index (χ3v) is 2.85. The standard InChI is InChI=1S/C13H17NO3/c1-8-11(15)4-3-5-12(8)17-9(2)13(16)14-10-6-7-10/h3-5,9-10,15H,6-7H2,1-2H3,(H,14,16). The van der Waals surface area contributed by atoms with E-state index >= 15 is 0 Å². The van der Waals surface area contributed by atoms with Gasteiger partial charge in [0, 0.05) is 11.6 Å². The minimum atomic E-state index is -0.545. The number of amides is 1. The van der Waals surface area contributed by atoms with E-state index in [0.717, 1.165) is 12.8 Å². The zero-order chi connectivity index (χ0) is 12.4. The minimum absolute atomic E-state index is 0.102. The van der Waals surface area contributed by atoms with Crippen LogP contribution < -0.4 is 10.1 Å². The van der Waals surface area contributed by atoms with Gasteiger partial charge in [-0.15, -0.1) is 0 Å². The molecule has 1 atom stereocenters. The van der Waals surface area contributed by atoms with Gasteiger partial charge in [0.25, 0.3) is 5.91 Å². The number of benzene rings is 1. The number of carbonyl (C=O) groups is 1. The second kappa shape index (κ2) is 4.65. The van der Waals surface area contributed by atoms with Crippen molar-refractivity contribution in [2.45, 2.75) is 38.8 Å². The highest BCUT2D eigenvalue weighted by Gasteiger charge is 2.26. The molecule has 2 rings (SSSR count). The van der Waals surface area contributed by atoms with Gasteiger partial charge in [0.2, 0.25) is 0 Å². The van der Waals surface area contributed by atoms with Crippen LogP contribution in [0.5, 0.6) is 11.5 Å². The van der Waals surface area contributed by atoms with Crippen LogP contribution in [0.2, 0.25) is 0 Å². The normalized spacial score (nSPS) is 16.4. The molecular formula is C13H17NO3. The van der Waals surface area contributed by atoms with Crippen LogP contribution in [0.15, 0.2) is 18.2 Å². The summed E-state index contributed by atoms with van der Waals surface area (Å²) in [4.78, 5) is 11.7. The quantitative estimate of drug-likeness (QED) is 0.835. The maximum atomic E-state index is 11.7. The van der Waals surface area contributed by atoms with Crippen molar-refractivity contribution >= 4 is 5.91 Å². The lowest BCUT2D eigenvalue weighted by atomic mass is 10.2. The van der Waals surface area contributed by atoms with E-state index in [9.17, 15) is 9.90 Å². The highest BCUT2D eigenvalue weighted by atomic mass is 16.5. The van der Waals surface area contributed by atoms with Crippen LogP contribution in [0, 0.1) is 6.92 Å². The van der Waals surface area contributed by atoms with Crippen molar-refractivity contribution in [1.82, 2.24) is 5.32 Å². The van der Waals surface area contributed by atoms with Crippen LogP contribution in [0.4, 0.5) is 0 Å². The van der Waals surface area contributed by atoms with Gasteiger partial charge in [-0.1, -0.05) is 6.07 Å². The molecule has 1 fully saturated rings. The van der Waals surface area contributed by atoms with Crippen molar-refractivity contribution in [1.29, 1.82) is 0 Å².